The summed E-state index contributed by atoms with van der Waals surface area (Å²) in [7, 11) is 3.42. The SMILES string of the molecule is CCNC(=NCCc1c(C)nn(C)c1C)N1CC(C)C(C(=O)OC)C1.I. The molecule has 0 aliphatic carbocycles. The van der Waals surface area contributed by atoms with Crippen molar-refractivity contribution in [1.82, 2.24) is 20.0 Å². The van der Waals surface area contributed by atoms with E-state index in [1.165, 1.54) is 18.4 Å². The summed E-state index contributed by atoms with van der Waals surface area (Å²) in [6.45, 7) is 11.3. The van der Waals surface area contributed by atoms with E-state index in [4.69, 9.17) is 9.73 Å². The zero-order valence-corrected chi connectivity index (χ0v) is 19.0. The number of carbonyl (C=O) groups excluding carboxylic acids is 1. The lowest BCUT2D eigenvalue weighted by atomic mass is 9.99. The third kappa shape index (κ3) is 5.11. The lowest BCUT2D eigenvalue weighted by Gasteiger charge is -2.21. The molecule has 26 heavy (non-hydrogen) atoms. The van der Waals surface area contributed by atoms with Gasteiger partial charge in [-0.05, 0) is 38.7 Å². The van der Waals surface area contributed by atoms with Crippen LogP contribution in [0.25, 0.3) is 0 Å². The number of hydrogen-bond donors (Lipinski definition) is 1. The Labute approximate surface area is 173 Å². The highest BCUT2D eigenvalue weighted by Crippen LogP contribution is 2.24. The van der Waals surface area contributed by atoms with Gasteiger partial charge < -0.3 is 15.0 Å². The van der Waals surface area contributed by atoms with Crippen molar-refractivity contribution in [2.75, 3.05) is 33.3 Å². The van der Waals surface area contributed by atoms with E-state index in [1.54, 1.807) is 0 Å². The Hall–Kier alpha value is -1.32. The van der Waals surface area contributed by atoms with Crippen LogP contribution in [0.3, 0.4) is 0 Å². The Morgan fingerprint density at radius 1 is 1.38 bits per heavy atom. The summed E-state index contributed by atoms with van der Waals surface area (Å²) in [5.41, 5.74) is 3.53. The molecular weight excluding hydrogens is 445 g/mol. The number of guanidine groups is 1. The number of hydrogen-bond acceptors (Lipinski definition) is 4. The molecule has 1 aliphatic heterocycles. The molecule has 7 nitrogen and oxygen atoms in total. The van der Waals surface area contributed by atoms with E-state index in [-0.39, 0.29) is 41.8 Å². The van der Waals surface area contributed by atoms with Crippen molar-refractivity contribution in [3.63, 3.8) is 0 Å². The molecule has 2 unspecified atom stereocenters. The molecule has 0 radical (unpaired) electrons. The van der Waals surface area contributed by atoms with Crippen molar-refractivity contribution in [3.05, 3.63) is 17.0 Å². The van der Waals surface area contributed by atoms with Gasteiger partial charge in [-0.2, -0.15) is 5.10 Å². The van der Waals surface area contributed by atoms with Gasteiger partial charge in [0.15, 0.2) is 5.96 Å². The molecule has 2 heterocycles. The molecule has 1 aromatic heterocycles. The highest BCUT2D eigenvalue weighted by atomic mass is 127. The van der Waals surface area contributed by atoms with Gasteiger partial charge in [0.2, 0.25) is 0 Å². The van der Waals surface area contributed by atoms with Gasteiger partial charge in [0.05, 0.1) is 18.7 Å². The Morgan fingerprint density at radius 2 is 2.08 bits per heavy atom. The number of esters is 1. The number of carbonyl (C=O) groups is 1. The number of nitrogens with zero attached hydrogens (tertiary/aromatic N) is 4. The van der Waals surface area contributed by atoms with E-state index in [1.807, 2.05) is 18.7 Å². The standard InChI is InChI=1S/C18H31N5O2.HI/c1-7-19-18(23-10-12(2)16(11-23)17(24)25-6)20-9-8-15-13(3)21-22(5)14(15)4;/h12,16H,7-11H2,1-6H3,(H,19,20);1H. The van der Waals surface area contributed by atoms with Gasteiger partial charge in [0, 0.05) is 38.9 Å². The number of aryl methyl sites for hydroxylation is 2. The topological polar surface area (TPSA) is 71.8 Å². The van der Waals surface area contributed by atoms with Gasteiger partial charge in [-0.3, -0.25) is 14.5 Å². The van der Waals surface area contributed by atoms with Crippen molar-refractivity contribution in [3.8, 4) is 0 Å². The maximum atomic E-state index is 11.9. The van der Waals surface area contributed by atoms with E-state index in [9.17, 15) is 4.79 Å². The molecule has 1 fully saturated rings. The number of likely N-dealkylation sites (tertiary alicyclic amines) is 1. The molecule has 148 valence electrons. The maximum absolute atomic E-state index is 11.9. The van der Waals surface area contributed by atoms with Gasteiger partial charge in [-0.1, -0.05) is 6.92 Å². The third-order valence-electron chi connectivity index (χ3n) is 5.03. The first-order chi connectivity index (χ1) is 11.9. The quantitative estimate of drug-likeness (QED) is 0.304. The summed E-state index contributed by atoms with van der Waals surface area (Å²) in [5, 5.41) is 7.81. The Bertz CT molecular complexity index is 644. The molecule has 0 saturated carbocycles. The molecule has 1 aliphatic rings. The molecular formula is C18H32IN5O2. The normalized spacial score (nSPS) is 20.1. The predicted molar refractivity (Wildman–Crippen MR) is 114 cm³/mol. The zero-order valence-electron chi connectivity index (χ0n) is 16.7. The van der Waals surface area contributed by atoms with Crippen molar-refractivity contribution in [1.29, 1.82) is 0 Å². The number of nitrogens with one attached hydrogen (secondary N) is 1. The third-order valence-corrected chi connectivity index (χ3v) is 5.03. The van der Waals surface area contributed by atoms with E-state index in [0.29, 0.717) is 13.1 Å². The van der Waals surface area contributed by atoms with Crippen LogP contribution in [0, 0.1) is 25.7 Å². The fraction of sp³-hybridized carbons (Fsp3) is 0.722. The lowest BCUT2D eigenvalue weighted by Crippen LogP contribution is -2.40. The van der Waals surface area contributed by atoms with E-state index < -0.39 is 0 Å². The van der Waals surface area contributed by atoms with Crippen LogP contribution < -0.4 is 5.32 Å². The average molecular weight is 477 g/mol. The maximum Gasteiger partial charge on any atom is 0.310 e. The molecule has 0 aromatic carbocycles. The minimum absolute atomic E-state index is 0. The number of ether oxygens (including phenoxy) is 1. The van der Waals surface area contributed by atoms with E-state index >= 15 is 0 Å². The second-order valence-electron chi connectivity index (χ2n) is 6.77. The Morgan fingerprint density at radius 3 is 2.62 bits per heavy atom. The molecule has 0 amide bonds. The van der Waals surface area contributed by atoms with Gasteiger partial charge in [-0.25, -0.2) is 0 Å². The first-order valence-electron chi connectivity index (χ1n) is 8.99. The minimum Gasteiger partial charge on any atom is -0.469 e. The monoisotopic (exact) mass is 477 g/mol. The summed E-state index contributed by atoms with van der Waals surface area (Å²) in [6.07, 6.45) is 0.865. The fourth-order valence-corrected chi connectivity index (χ4v) is 3.48. The number of rotatable bonds is 5. The van der Waals surface area contributed by atoms with Crippen LogP contribution in [0.4, 0.5) is 0 Å². The first-order valence-corrected chi connectivity index (χ1v) is 8.99. The van der Waals surface area contributed by atoms with Crippen LogP contribution in [-0.4, -0.2) is 59.9 Å². The predicted octanol–water partition coefficient (Wildman–Crippen LogP) is 1.90. The molecule has 1 aromatic rings. The molecule has 1 saturated heterocycles. The van der Waals surface area contributed by atoms with Crippen LogP contribution in [0.15, 0.2) is 4.99 Å². The molecule has 1 N–H and O–H groups in total. The van der Waals surface area contributed by atoms with Crippen LogP contribution >= 0.6 is 24.0 Å². The van der Waals surface area contributed by atoms with Crippen molar-refractivity contribution >= 4 is 35.9 Å². The largest absolute Gasteiger partial charge is 0.469 e. The number of aromatic nitrogens is 2. The van der Waals surface area contributed by atoms with Crippen molar-refractivity contribution in [2.45, 2.75) is 34.1 Å². The summed E-state index contributed by atoms with van der Waals surface area (Å²) in [4.78, 5) is 18.9. The summed E-state index contributed by atoms with van der Waals surface area (Å²) >= 11 is 0. The van der Waals surface area contributed by atoms with Crippen molar-refractivity contribution < 1.29 is 9.53 Å². The van der Waals surface area contributed by atoms with Crippen LogP contribution in [0.2, 0.25) is 0 Å². The highest BCUT2D eigenvalue weighted by molar-refractivity contribution is 14.0. The van der Waals surface area contributed by atoms with Gasteiger partial charge in [0.1, 0.15) is 0 Å². The molecule has 0 spiro atoms. The Balaban J connectivity index is 0.00000338. The second kappa shape index (κ2) is 10.1. The number of halogens is 1. The number of aliphatic imine (C=N–C) groups is 1. The van der Waals surface area contributed by atoms with E-state index in [0.717, 1.165) is 31.2 Å². The second-order valence-corrected chi connectivity index (χ2v) is 6.77. The highest BCUT2D eigenvalue weighted by Gasteiger charge is 2.36. The van der Waals surface area contributed by atoms with Gasteiger partial charge in [0.25, 0.3) is 0 Å². The summed E-state index contributed by atoms with van der Waals surface area (Å²) in [6, 6.07) is 0. The molecule has 2 atom stereocenters. The molecule has 0 bridgehead atoms. The smallest absolute Gasteiger partial charge is 0.310 e. The molecule has 8 heteroatoms. The van der Waals surface area contributed by atoms with Crippen molar-refractivity contribution in [2.24, 2.45) is 23.9 Å². The van der Waals surface area contributed by atoms with Crippen LogP contribution in [0.1, 0.15) is 30.8 Å². The van der Waals surface area contributed by atoms with Crippen LogP contribution in [-0.2, 0) is 23.0 Å². The number of methoxy groups -OCH3 is 1. The fourth-order valence-electron chi connectivity index (χ4n) is 3.48. The van der Waals surface area contributed by atoms with Gasteiger partial charge in [-0.15, -0.1) is 24.0 Å². The van der Waals surface area contributed by atoms with Gasteiger partial charge >= 0.3 is 5.97 Å². The van der Waals surface area contributed by atoms with Crippen LogP contribution in [0.5, 0.6) is 0 Å². The Kier molecular flexibility index (Phi) is 8.85. The lowest BCUT2D eigenvalue weighted by molar-refractivity contribution is -0.145. The average Bonchev–Trinajstić information content (AvgIpc) is 3.07. The van der Waals surface area contributed by atoms with E-state index in [2.05, 4.69) is 36.1 Å². The molecule has 2 rings (SSSR count). The minimum atomic E-state index is -0.132. The zero-order chi connectivity index (χ0) is 18.6. The summed E-state index contributed by atoms with van der Waals surface area (Å²) in [5.74, 6) is 0.920. The first kappa shape index (κ1) is 22.7. The summed E-state index contributed by atoms with van der Waals surface area (Å²) < 4.78 is 6.84.